The molecule has 24 heavy (non-hydrogen) atoms. The maximum absolute atomic E-state index is 12.1. The van der Waals surface area contributed by atoms with Crippen molar-refractivity contribution in [2.45, 2.75) is 39.2 Å². The van der Waals surface area contributed by atoms with E-state index < -0.39 is 10.0 Å². The second kappa shape index (κ2) is 8.07. The van der Waals surface area contributed by atoms with Gasteiger partial charge in [-0.2, -0.15) is 0 Å². The number of rotatable bonds is 7. The standard InChI is InChI=1S/C16H25ClN2O4S/c1-16(2,3)18-15(20)7-6-10-19(24(5,21)22)12-8-9-14(23-4)13(17)11-12/h8-9,11H,6-7,10H2,1-5H3,(H,18,20). The first kappa shape index (κ1) is 20.6. The molecule has 0 spiro atoms. The second-order valence-corrected chi connectivity index (χ2v) is 8.87. The Bertz CT molecular complexity index is 684. The van der Waals surface area contributed by atoms with E-state index in [0.29, 0.717) is 22.9 Å². The van der Waals surface area contributed by atoms with Crippen LogP contribution in [0.4, 0.5) is 5.69 Å². The third-order valence-corrected chi connectivity index (χ3v) is 4.59. The molecule has 0 saturated carbocycles. The summed E-state index contributed by atoms with van der Waals surface area (Å²) in [5.74, 6) is 0.363. The zero-order valence-corrected chi connectivity index (χ0v) is 16.3. The van der Waals surface area contributed by atoms with Crippen LogP contribution in [0.15, 0.2) is 18.2 Å². The van der Waals surface area contributed by atoms with Crippen LogP contribution in [0.2, 0.25) is 5.02 Å². The predicted molar refractivity (Wildman–Crippen MR) is 97.3 cm³/mol. The van der Waals surface area contributed by atoms with Crippen LogP contribution in [0.3, 0.4) is 0 Å². The monoisotopic (exact) mass is 376 g/mol. The summed E-state index contributed by atoms with van der Waals surface area (Å²) in [6.07, 6.45) is 1.77. The predicted octanol–water partition coefficient (Wildman–Crippen LogP) is 2.81. The third-order valence-electron chi connectivity index (χ3n) is 3.10. The van der Waals surface area contributed by atoms with E-state index in [1.807, 2.05) is 20.8 Å². The molecule has 0 radical (unpaired) electrons. The summed E-state index contributed by atoms with van der Waals surface area (Å²) < 4.78 is 30.4. The van der Waals surface area contributed by atoms with Crippen molar-refractivity contribution in [2.75, 3.05) is 24.2 Å². The zero-order chi connectivity index (χ0) is 18.5. The van der Waals surface area contributed by atoms with E-state index in [2.05, 4.69) is 5.32 Å². The van der Waals surface area contributed by atoms with Gasteiger partial charge in [-0.1, -0.05) is 11.6 Å². The Kier molecular flexibility index (Phi) is 6.92. The number of ether oxygens (including phenoxy) is 1. The molecule has 0 atom stereocenters. The number of hydrogen-bond donors (Lipinski definition) is 1. The first-order valence-electron chi connectivity index (χ1n) is 7.56. The number of sulfonamides is 1. The van der Waals surface area contributed by atoms with Gasteiger partial charge < -0.3 is 10.1 Å². The zero-order valence-electron chi connectivity index (χ0n) is 14.7. The van der Waals surface area contributed by atoms with Crippen molar-refractivity contribution < 1.29 is 17.9 Å². The molecule has 8 heteroatoms. The van der Waals surface area contributed by atoms with Gasteiger partial charge in [0, 0.05) is 18.5 Å². The highest BCUT2D eigenvalue weighted by Gasteiger charge is 2.20. The highest BCUT2D eigenvalue weighted by molar-refractivity contribution is 7.92. The number of carbonyl (C=O) groups is 1. The first-order valence-corrected chi connectivity index (χ1v) is 9.79. The third kappa shape index (κ3) is 6.57. The average Bonchev–Trinajstić information content (AvgIpc) is 2.40. The van der Waals surface area contributed by atoms with Gasteiger partial charge in [-0.25, -0.2) is 8.42 Å². The maximum atomic E-state index is 12.1. The number of hydrogen-bond acceptors (Lipinski definition) is 4. The van der Waals surface area contributed by atoms with Gasteiger partial charge in [0.2, 0.25) is 15.9 Å². The Labute approximate surface area is 149 Å². The summed E-state index contributed by atoms with van der Waals surface area (Å²) in [4.78, 5) is 11.8. The summed E-state index contributed by atoms with van der Waals surface area (Å²) in [5.41, 5.74) is 0.136. The Hall–Kier alpha value is -1.47. The minimum absolute atomic E-state index is 0.108. The smallest absolute Gasteiger partial charge is 0.232 e. The quantitative estimate of drug-likeness (QED) is 0.793. The lowest BCUT2D eigenvalue weighted by molar-refractivity contribution is -0.122. The molecule has 0 fully saturated rings. The van der Waals surface area contributed by atoms with Gasteiger partial charge in [-0.15, -0.1) is 0 Å². The molecule has 1 aromatic carbocycles. The topological polar surface area (TPSA) is 75.7 Å². The first-order chi connectivity index (χ1) is 10.9. The number of benzene rings is 1. The van der Waals surface area contributed by atoms with Crippen molar-refractivity contribution in [3.63, 3.8) is 0 Å². The van der Waals surface area contributed by atoms with E-state index in [4.69, 9.17) is 16.3 Å². The van der Waals surface area contributed by atoms with E-state index in [-0.39, 0.29) is 24.4 Å². The molecule has 1 amide bonds. The lowest BCUT2D eigenvalue weighted by Crippen LogP contribution is -2.41. The van der Waals surface area contributed by atoms with Crippen LogP contribution in [0.1, 0.15) is 33.6 Å². The molecule has 0 bridgehead atoms. The summed E-state index contributed by atoms with van der Waals surface area (Å²) >= 11 is 6.07. The Balaban J connectivity index is 2.82. The average molecular weight is 377 g/mol. The number of methoxy groups -OCH3 is 1. The fourth-order valence-electron chi connectivity index (χ4n) is 2.16. The molecule has 0 heterocycles. The summed E-state index contributed by atoms with van der Waals surface area (Å²) in [5, 5.41) is 3.18. The lowest BCUT2D eigenvalue weighted by atomic mass is 10.1. The fraction of sp³-hybridized carbons (Fsp3) is 0.562. The van der Waals surface area contributed by atoms with Crippen LogP contribution < -0.4 is 14.4 Å². The number of anilines is 1. The van der Waals surface area contributed by atoms with Crippen molar-refractivity contribution in [1.82, 2.24) is 5.32 Å². The minimum atomic E-state index is -3.49. The Morgan fingerprint density at radius 3 is 2.42 bits per heavy atom. The summed E-state index contributed by atoms with van der Waals surface area (Å²) in [6, 6.07) is 4.78. The Morgan fingerprint density at radius 1 is 1.33 bits per heavy atom. The van der Waals surface area contributed by atoms with Crippen LogP contribution in [-0.2, 0) is 14.8 Å². The maximum Gasteiger partial charge on any atom is 0.232 e. The van der Waals surface area contributed by atoms with Crippen LogP contribution in [0.25, 0.3) is 0 Å². The van der Waals surface area contributed by atoms with Crippen LogP contribution in [0.5, 0.6) is 5.75 Å². The van der Waals surface area contributed by atoms with E-state index in [0.717, 1.165) is 6.26 Å². The molecular formula is C16H25ClN2O4S. The van der Waals surface area contributed by atoms with Gasteiger partial charge in [0.25, 0.3) is 0 Å². The lowest BCUT2D eigenvalue weighted by Gasteiger charge is -2.24. The number of carbonyl (C=O) groups excluding carboxylic acids is 1. The van der Waals surface area contributed by atoms with E-state index in [1.165, 1.54) is 17.5 Å². The van der Waals surface area contributed by atoms with E-state index >= 15 is 0 Å². The molecule has 0 aliphatic rings. The molecule has 0 unspecified atom stereocenters. The molecule has 0 saturated heterocycles. The number of halogens is 1. The van der Waals surface area contributed by atoms with E-state index in [1.54, 1.807) is 12.1 Å². The minimum Gasteiger partial charge on any atom is -0.495 e. The van der Waals surface area contributed by atoms with Crippen molar-refractivity contribution >= 4 is 33.2 Å². The largest absolute Gasteiger partial charge is 0.495 e. The SMILES string of the molecule is COc1ccc(N(CCCC(=O)NC(C)(C)C)S(C)(=O)=O)cc1Cl. The van der Waals surface area contributed by atoms with Crippen molar-refractivity contribution in [3.05, 3.63) is 23.2 Å². The second-order valence-electron chi connectivity index (χ2n) is 6.56. The molecule has 1 N–H and O–H groups in total. The highest BCUT2D eigenvalue weighted by atomic mass is 35.5. The molecule has 136 valence electrons. The highest BCUT2D eigenvalue weighted by Crippen LogP contribution is 2.30. The molecule has 0 aromatic heterocycles. The molecule has 0 aliphatic heterocycles. The van der Waals surface area contributed by atoms with Crippen molar-refractivity contribution in [1.29, 1.82) is 0 Å². The molecular weight excluding hydrogens is 352 g/mol. The van der Waals surface area contributed by atoms with Crippen molar-refractivity contribution in [3.8, 4) is 5.75 Å². The number of nitrogens with one attached hydrogen (secondary N) is 1. The molecule has 1 aromatic rings. The van der Waals surface area contributed by atoms with E-state index in [9.17, 15) is 13.2 Å². The van der Waals surface area contributed by atoms with Gasteiger partial charge >= 0.3 is 0 Å². The van der Waals surface area contributed by atoms with Gasteiger partial charge in [0.1, 0.15) is 5.75 Å². The summed E-state index contributed by atoms with van der Waals surface area (Å²) in [6.45, 7) is 5.88. The molecule has 0 aliphatic carbocycles. The van der Waals surface area contributed by atoms with Gasteiger partial charge in [0.05, 0.1) is 24.1 Å². The summed E-state index contributed by atoms with van der Waals surface area (Å²) in [7, 11) is -2.00. The van der Waals surface area contributed by atoms with Crippen molar-refractivity contribution in [2.24, 2.45) is 0 Å². The van der Waals surface area contributed by atoms with Crippen LogP contribution in [-0.4, -0.2) is 39.8 Å². The fourth-order valence-corrected chi connectivity index (χ4v) is 3.37. The van der Waals surface area contributed by atoms with Gasteiger partial charge in [-0.3, -0.25) is 9.10 Å². The van der Waals surface area contributed by atoms with Crippen LogP contribution >= 0.6 is 11.6 Å². The Morgan fingerprint density at radius 2 is 1.96 bits per heavy atom. The molecule has 6 nitrogen and oxygen atoms in total. The number of amides is 1. The van der Waals surface area contributed by atoms with Gasteiger partial charge in [0.15, 0.2) is 0 Å². The number of nitrogens with zero attached hydrogens (tertiary/aromatic N) is 1. The van der Waals surface area contributed by atoms with Gasteiger partial charge in [-0.05, 0) is 45.4 Å². The van der Waals surface area contributed by atoms with Crippen LogP contribution in [0, 0.1) is 0 Å². The normalized spacial score (nSPS) is 11.9. The molecule has 1 rings (SSSR count).